The lowest BCUT2D eigenvalue weighted by atomic mass is 9.50. The van der Waals surface area contributed by atoms with E-state index >= 15 is 0 Å². The van der Waals surface area contributed by atoms with Gasteiger partial charge in [0.05, 0.1) is 13.3 Å². The molecule has 0 unspecified atom stereocenters. The van der Waals surface area contributed by atoms with Crippen molar-refractivity contribution in [2.45, 2.75) is 50.9 Å². The first kappa shape index (κ1) is 13.9. The molecule has 1 aromatic carbocycles. The monoisotopic (exact) mass is 296 g/mol. The number of ether oxygens (including phenoxy) is 1. The van der Waals surface area contributed by atoms with Crippen molar-refractivity contribution in [2.75, 3.05) is 7.11 Å². The molecule has 4 rings (SSSR count). The Hall–Kier alpha value is -1.77. The Balaban J connectivity index is 1.93. The van der Waals surface area contributed by atoms with E-state index in [1.54, 1.807) is 7.11 Å². The van der Waals surface area contributed by atoms with Crippen molar-refractivity contribution in [2.24, 2.45) is 5.92 Å². The van der Waals surface area contributed by atoms with Crippen LogP contribution in [0.5, 0.6) is 5.75 Å². The van der Waals surface area contributed by atoms with Gasteiger partial charge in [0.2, 0.25) is 0 Å². The van der Waals surface area contributed by atoms with Gasteiger partial charge in [0.1, 0.15) is 5.75 Å². The van der Waals surface area contributed by atoms with Crippen molar-refractivity contribution >= 4 is 0 Å². The van der Waals surface area contributed by atoms with Crippen LogP contribution in [0.1, 0.15) is 49.6 Å². The van der Waals surface area contributed by atoms with Crippen LogP contribution >= 0.6 is 0 Å². The summed E-state index contributed by atoms with van der Waals surface area (Å²) in [5.41, 5.74) is 5.95. The maximum absolute atomic E-state index is 5.49. The molecule has 3 heteroatoms. The van der Waals surface area contributed by atoms with Gasteiger partial charge in [-0.3, -0.25) is 5.10 Å². The number of nitrogens with zero attached hydrogens (tertiary/aromatic N) is 1. The first-order valence-corrected chi connectivity index (χ1v) is 8.17. The van der Waals surface area contributed by atoms with Crippen LogP contribution in [-0.2, 0) is 23.7 Å². The number of H-pyrrole nitrogens is 1. The third kappa shape index (κ3) is 1.65. The van der Waals surface area contributed by atoms with Gasteiger partial charge in [-0.05, 0) is 54.0 Å². The van der Waals surface area contributed by atoms with E-state index in [2.05, 4.69) is 49.2 Å². The topological polar surface area (TPSA) is 37.9 Å². The molecule has 2 aromatic rings. The summed E-state index contributed by atoms with van der Waals surface area (Å²) >= 11 is 0. The van der Waals surface area contributed by atoms with E-state index in [4.69, 9.17) is 4.74 Å². The molecule has 2 aliphatic carbocycles. The molecule has 116 valence electrons. The highest BCUT2D eigenvalue weighted by molar-refractivity contribution is 5.48. The molecule has 0 spiro atoms. The molecule has 0 amide bonds. The molecule has 1 N–H and O–H groups in total. The van der Waals surface area contributed by atoms with E-state index in [0.29, 0.717) is 5.92 Å². The molecule has 2 atom stereocenters. The molecular formula is C19H24N2O. The quantitative estimate of drug-likeness (QED) is 0.870. The summed E-state index contributed by atoms with van der Waals surface area (Å²) in [6, 6.07) is 6.62. The summed E-state index contributed by atoms with van der Waals surface area (Å²) in [5, 5.41) is 7.60. The number of methoxy groups -OCH3 is 1. The van der Waals surface area contributed by atoms with Gasteiger partial charge in [-0.2, -0.15) is 5.10 Å². The first-order chi connectivity index (χ1) is 10.5. The molecule has 1 aromatic heterocycles. The van der Waals surface area contributed by atoms with Gasteiger partial charge in [0.25, 0.3) is 0 Å². The summed E-state index contributed by atoms with van der Waals surface area (Å²) in [7, 11) is 1.75. The van der Waals surface area contributed by atoms with Crippen molar-refractivity contribution < 1.29 is 4.74 Å². The highest BCUT2D eigenvalue weighted by atomic mass is 16.5. The summed E-state index contributed by atoms with van der Waals surface area (Å²) in [6.07, 6.45) is 5.48. The van der Waals surface area contributed by atoms with Crippen LogP contribution in [0.3, 0.4) is 0 Å². The number of aryl methyl sites for hydroxylation is 1. The second-order valence-corrected chi connectivity index (χ2v) is 7.70. The van der Waals surface area contributed by atoms with Crippen LogP contribution in [0.4, 0.5) is 0 Å². The van der Waals surface area contributed by atoms with Crippen LogP contribution in [0.2, 0.25) is 0 Å². The number of nitrogens with one attached hydrogen (secondary N) is 1. The van der Waals surface area contributed by atoms with E-state index in [-0.39, 0.29) is 10.8 Å². The fraction of sp³-hybridized carbons (Fsp3) is 0.526. The lowest BCUT2D eigenvalue weighted by Gasteiger charge is -2.53. The highest BCUT2D eigenvalue weighted by Crippen LogP contribution is 2.56. The molecule has 2 aliphatic rings. The minimum atomic E-state index is 0.125. The highest BCUT2D eigenvalue weighted by Gasteiger charge is 2.52. The zero-order valence-electron chi connectivity index (χ0n) is 13.9. The predicted molar refractivity (Wildman–Crippen MR) is 87.5 cm³/mol. The van der Waals surface area contributed by atoms with Gasteiger partial charge in [-0.25, -0.2) is 0 Å². The average molecular weight is 296 g/mol. The summed E-state index contributed by atoms with van der Waals surface area (Å²) in [4.78, 5) is 0. The number of hydrogen-bond acceptors (Lipinski definition) is 2. The van der Waals surface area contributed by atoms with Crippen molar-refractivity contribution in [3.8, 4) is 5.75 Å². The Labute approximate surface area is 132 Å². The third-order valence-corrected chi connectivity index (χ3v) is 6.19. The maximum atomic E-state index is 5.49. The molecule has 0 saturated heterocycles. The van der Waals surface area contributed by atoms with Crippen LogP contribution in [0, 0.1) is 5.92 Å². The Morgan fingerprint density at radius 1 is 1.23 bits per heavy atom. The van der Waals surface area contributed by atoms with Crippen LogP contribution < -0.4 is 4.74 Å². The fourth-order valence-electron chi connectivity index (χ4n) is 5.19. The van der Waals surface area contributed by atoms with Gasteiger partial charge in [-0.1, -0.05) is 26.8 Å². The lowest BCUT2D eigenvalue weighted by molar-refractivity contribution is 0.136. The second kappa shape index (κ2) is 4.37. The number of benzene rings is 1. The zero-order valence-corrected chi connectivity index (χ0v) is 13.9. The Kier molecular flexibility index (Phi) is 2.76. The molecule has 22 heavy (non-hydrogen) atoms. The second-order valence-electron chi connectivity index (χ2n) is 7.70. The Morgan fingerprint density at radius 2 is 2.05 bits per heavy atom. The maximum Gasteiger partial charge on any atom is 0.119 e. The summed E-state index contributed by atoms with van der Waals surface area (Å²) < 4.78 is 5.49. The number of hydrogen-bond donors (Lipinski definition) is 1. The number of rotatable bonds is 1. The van der Waals surface area contributed by atoms with Crippen LogP contribution in [-0.4, -0.2) is 17.3 Å². The summed E-state index contributed by atoms with van der Waals surface area (Å²) in [5.74, 6) is 1.59. The van der Waals surface area contributed by atoms with E-state index in [1.807, 2.05) is 6.20 Å². The SMILES string of the molecule is COc1ccc2c(c1)[C@@]1(C)Cc3cn[nH]c3C(C)(C)[C@@H]1CC2. The average Bonchev–Trinajstić information content (AvgIpc) is 2.95. The van der Waals surface area contributed by atoms with Crippen molar-refractivity contribution in [1.29, 1.82) is 0 Å². The first-order valence-electron chi connectivity index (χ1n) is 8.17. The molecule has 1 heterocycles. The molecular weight excluding hydrogens is 272 g/mol. The van der Waals surface area contributed by atoms with Gasteiger partial charge in [0.15, 0.2) is 0 Å². The number of aromatic nitrogens is 2. The molecule has 3 nitrogen and oxygen atoms in total. The molecule has 0 bridgehead atoms. The van der Waals surface area contributed by atoms with Gasteiger partial charge in [-0.15, -0.1) is 0 Å². The third-order valence-electron chi connectivity index (χ3n) is 6.19. The summed E-state index contributed by atoms with van der Waals surface area (Å²) in [6.45, 7) is 7.18. The van der Waals surface area contributed by atoms with Crippen LogP contribution in [0.25, 0.3) is 0 Å². The Morgan fingerprint density at radius 3 is 2.82 bits per heavy atom. The molecule has 0 saturated carbocycles. The molecule has 0 radical (unpaired) electrons. The standard InChI is InChI=1S/C19H24N2O/c1-18(2)16-8-6-12-5-7-14(22-4)9-15(12)19(16,3)10-13-11-20-21-17(13)18/h5,7,9,11,16H,6,8,10H2,1-4H3,(H,20,21)/t16-,19+/m0/s1. The molecule has 0 aliphatic heterocycles. The van der Waals surface area contributed by atoms with Gasteiger partial charge < -0.3 is 4.74 Å². The van der Waals surface area contributed by atoms with E-state index in [9.17, 15) is 0 Å². The molecule has 0 fully saturated rings. The number of aromatic amines is 1. The Bertz CT molecular complexity index is 731. The minimum absolute atomic E-state index is 0.125. The minimum Gasteiger partial charge on any atom is -0.497 e. The fourth-order valence-corrected chi connectivity index (χ4v) is 5.19. The normalized spacial score (nSPS) is 28.5. The van der Waals surface area contributed by atoms with E-state index < -0.39 is 0 Å². The van der Waals surface area contributed by atoms with E-state index in [1.165, 1.54) is 28.8 Å². The zero-order chi connectivity index (χ0) is 15.5. The van der Waals surface area contributed by atoms with Gasteiger partial charge in [0, 0.05) is 16.5 Å². The predicted octanol–water partition coefficient (Wildman–Crippen LogP) is 3.77. The smallest absolute Gasteiger partial charge is 0.119 e. The van der Waals surface area contributed by atoms with Crippen molar-refractivity contribution in [1.82, 2.24) is 10.2 Å². The van der Waals surface area contributed by atoms with Crippen molar-refractivity contribution in [3.05, 3.63) is 46.8 Å². The lowest BCUT2D eigenvalue weighted by Crippen LogP contribution is -2.51. The number of fused-ring (bicyclic) bond motifs is 4. The van der Waals surface area contributed by atoms with E-state index in [0.717, 1.165) is 18.6 Å². The largest absolute Gasteiger partial charge is 0.497 e. The van der Waals surface area contributed by atoms with Crippen molar-refractivity contribution in [3.63, 3.8) is 0 Å². The van der Waals surface area contributed by atoms with Crippen LogP contribution in [0.15, 0.2) is 24.4 Å². The van der Waals surface area contributed by atoms with Gasteiger partial charge >= 0.3 is 0 Å².